The molecular weight excluding hydrogens is 461 g/mol. The zero-order chi connectivity index (χ0) is 25.5. The van der Waals surface area contributed by atoms with Crippen LogP contribution in [0.2, 0.25) is 0 Å². The number of carbonyl (C=O) groups excluding carboxylic acids is 1. The van der Waals surface area contributed by atoms with Crippen LogP contribution in [-0.2, 0) is 16.1 Å². The van der Waals surface area contributed by atoms with Crippen LogP contribution in [0.15, 0.2) is 60.7 Å². The molecule has 2 unspecified atom stereocenters. The molecule has 0 aromatic heterocycles. The Morgan fingerprint density at radius 1 is 1.06 bits per heavy atom. The lowest BCUT2D eigenvalue weighted by Gasteiger charge is -2.24. The smallest absolute Gasteiger partial charge is 0.328 e. The highest BCUT2D eigenvalue weighted by Crippen LogP contribution is 2.33. The molecule has 0 heterocycles. The number of carboxylic acid groups (broad SMARTS) is 1. The number of hydrogen-bond donors (Lipinski definition) is 2. The van der Waals surface area contributed by atoms with Crippen molar-refractivity contribution in [1.29, 1.82) is 0 Å². The second kappa shape index (κ2) is 12.0. The van der Waals surface area contributed by atoms with Crippen molar-refractivity contribution in [3.05, 3.63) is 77.6 Å². The lowest BCUT2D eigenvalue weighted by Crippen LogP contribution is -2.48. The standard InChI is InChI=1S/C29H32FNO5/c1-19(35-17-20-8-4-2-5-9-20)26(29(33)34)31-28(32)25-14-12-22-16-23(30)13-15-24(22)27(25)36-18-21-10-6-3-7-11-21/h2,4-5,8-9,12-16,19,21,26H,3,6-7,10-11,17-18H2,1H3,(H,31,32)(H,33,34). The number of nitrogens with one attached hydrogen (secondary N) is 1. The monoisotopic (exact) mass is 493 g/mol. The molecule has 1 fully saturated rings. The van der Waals surface area contributed by atoms with E-state index < -0.39 is 24.0 Å². The first-order valence-corrected chi connectivity index (χ1v) is 12.5. The molecule has 4 rings (SSSR count). The second-order valence-electron chi connectivity index (χ2n) is 9.41. The maximum absolute atomic E-state index is 13.8. The van der Waals surface area contributed by atoms with Crippen molar-refractivity contribution >= 4 is 22.6 Å². The summed E-state index contributed by atoms with van der Waals surface area (Å²) in [6, 6.07) is 15.7. The largest absolute Gasteiger partial charge is 0.492 e. The van der Waals surface area contributed by atoms with E-state index in [1.807, 2.05) is 30.3 Å². The van der Waals surface area contributed by atoms with Gasteiger partial charge in [0.25, 0.3) is 5.91 Å². The second-order valence-corrected chi connectivity index (χ2v) is 9.41. The molecule has 0 saturated heterocycles. The number of carbonyl (C=O) groups is 2. The minimum atomic E-state index is -1.27. The van der Waals surface area contributed by atoms with Gasteiger partial charge in [-0.3, -0.25) is 4.79 Å². The third kappa shape index (κ3) is 6.40. The van der Waals surface area contributed by atoms with Gasteiger partial charge in [-0.15, -0.1) is 0 Å². The van der Waals surface area contributed by atoms with Crippen LogP contribution in [0.1, 0.15) is 54.9 Å². The number of ether oxygens (including phenoxy) is 2. The van der Waals surface area contributed by atoms with Crippen LogP contribution in [0, 0.1) is 11.7 Å². The Balaban J connectivity index is 1.54. The summed E-state index contributed by atoms with van der Waals surface area (Å²) in [7, 11) is 0. The van der Waals surface area contributed by atoms with Gasteiger partial charge in [0.05, 0.1) is 24.9 Å². The van der Waals surface area contributed by atoms with Gasteiger partial charge < -0.3 is 19.9 Å². The quantitative estimate of drug-likeness (QED) is 0.377. The lowest BCUT2D eigenvalue weighted by molar-refractivity contribution is -0.143. The Bertz CT molecular complexity index is 1190. The van der Waals surface area contributed by atoms with Crippen LogP contribution in [0.25, 0.3) is 10.8 Å². The number of aliphatic carboxylic acids is 1. The van der Waals surface area contributed by atoms with Gasteiger partial charge in [-0.2, -0.15) is 0 Å². The predicted octanol–water partition coefficient (Wildman–Crippen LogP) is 5.73. The van der Waals surface area contributed by atoms with Crippen LogP contribution in [0.5, 0.6) is 5.75 Å². The van der Waals surface area contributed by atoms with Gasteiger partial charge in [-0.25, -0.2) is 9.18 Å². The Kier molecular flexibility index (Phi) is 8.54. The van der Waals surface area contributed by atoms with Crippen LogP contribution in [0.4, 0.5) is 4.39 Å². The SMILES string of the molecule is CC(OCc1ccccc1)C(NC(=O)c1ccc2cc(F)ccc2c1OCC1CCCCC1)C(=O)O. The third-order valence-electron chi connectivity index (χ3n) is 6.74. The molecule has 6 nitrogen and oxygen atoms in total. The van der Waals surface area contributed by atoms with Gasteiger partial charge in [0, 0.05) is 5.39 Å². The maximum atomic E-state index is 13.8. The molecule has 1 amide bonds. The van der Waals surface area contributed by atoms with E-state index >= 15 is 0 Å². The first kappa shape index (κ1) is 25.6. The summed E-state index contributed by atoms with van der Waals surface area (Å²) in [5, 5.41) is 13.6. The van der Waals surface area contributed by atoms with E-state index in [0.717, 1.165) is 31.2 Å². The lowest BCUT2D eigenvalue weighted by atomic mass is 9.90. The molecule has 1 aliphatic carbocycles. The van der Waals surface area contributed by atoms with E-state index in [-0.39, 0.29) is 18.0 Å². The average Bonchev–Trinajstić information content (AvgIpc) is 2.89. The van der Waals surface area contributed by atoms with Crippen molar-refractivity contribution in [3.8, 4) is 5.75 Å². The Morgan fingerprint density at radius 3 is 2.53 bits per heavy atom. The number of hydrogen-bond acceptors (Lipinski definition) is 4. The third-order valence-corrected chi connectivity index (χ3v) is 6.74. The molecule has 36 heavy (non-hydrogen) atoms. The number of benzene rings is 3. The minimum Gasteiger partial charge on any atom is -0.492 e. The molecular formula is C29H32FNO5. The van der Waals surface area contributed by atoms with Crippen LogP contribution >= 0.6 is 0 Å². The van der Waals surface area contributed by atoms with Gasteiger partial charge in [0.15, 0.2) is 6.04 Å². The summed E-state index contributed by atoms with van der Waals surface area (Å²) in [6.07, 6.45) is 4.88. The first-order chi connectivity index (χ1) is 17.4. The maximum Gasteiger partial charge on any atom is 0.328 e. The van der Waals surface area contributed by atoms with Crippen molar-refractivity contribution in [2.75, 3.05) is 6.61 Å². The molecule has 7 heteroatoms. The number of rotatable bonds is 10. The summed E-state index contributed by atoms with van der Waals surface area (Å²) in [5.41, 5.74) is 1.12. The molecule has 2 atom stereocenters. The highest BCUT2D eigenvalue weighted by molar-refractivity contribution is 6.05. The van der Waals surface area contributed by atoms with Crippen LogP contribution < -0.4 is 10.1 Å². The Labute approximate surface area is 210 Å². The summed E-state index contributed by atoms with van der Waals surface area (Å²) in [4.78, 5) is 25.4. The van der Waals surface area contributed by atoms with E-state index in [1.54, 1.807) is 25.1 Å². The van der Waals surface area contributed by atoms with Crippen LogP contribution in [-0.4, -0.2) is 35.7 Å². The molecule has 1 saturated carbocycles. The van der Waals surface area contributed by atoms with E-state index in [2.05, 4.69) is 5.32 Å². The van der Waals surface area contributed by atoms with Crippen molar-refractivity contribution in [2.24, 2.45) is 5.92 Å². The zero-order valence-electron chi connectivity index (χ0n) is 20.4. The molecule has 2 N–H and O–H groups in total. The van der Waals surface area contributed by atoms with E-state index in [1.165, 1.54) is 18.6 Å². The molecule has 3 aromatic carbocycles. The zero-order valence-corrected chi connectivity index (χ0v) is 20.4. The fraction of sp³-hybridized carbons (Fsp3) is 0.379. The van der Waals surface area contributed by atoms with Crippen molar-refractivity contribution in [2.45, 2.75) is 57.8 Å². The van der Waals surface area contributed by atoms with Crippen molar-refractivity contribution in [1.82, 2.24) is 5.32 Å². The molecule has 0 spiro atoms. The molecule has 190 valence electrons. The van der Waals surface area contributed by atoms with Crippen molar-refractivity contribution in [3.63, 3.8) is 0 Å². The number of carboxylic acids is 1. The Hall–Kier alpha value is -3.45. The molecule has 0 aliphatic heterocycles. The summed E-state index contributed by atoms with van der Waals surface area (Å²) >= 11 is 0. The first-order valence-electron chi connectivity index (χ1n) is 12.5. The average molecular weight is 494 g/mol. The topological polar surface area (TPSA) is 84.9 Å². The van der Waals surface area contributed by atoms with Crippen LogP contribution in [0.3, 0.4) is 0 Å². The minimum absolute atomic E-state index is 0.214. The number of halogens is 1. The molecule has 0 bridgehead atoms. The van der Waals surface area contributed by atoms with Gasteiger partial charge in [0.1, 0.15) is 11.6 Å². The highest BCUT2D eigenvalue weighted by atomic mass is 19.1. The van der Waals surface area contributed by atoms with E-state index in [9.17, 15) is 19.1 Å². The normalized spacial score (nSPS) is 15.8. The summed E-state index contributed by atoms with van der Waals surface area (Å²) in [6.45, 7) is 2.29. The van der Waals surface area contributed by atoms with E-state index in [0.29, 0.717) is 29.0 Å². The van der Waals surface area contributed by atoms with Gasteiger partial charge in [-0.1, -0.05) is 55.7 Å². The fourth-order valence-electron chi connectivity index (χ4n) is 4.66. The van der Waals surface area contributed by atoms with Gasteiger partial charge in [0.2, 0.25) is 0 Å². The predicted molar refractivity (Wildman–Crippen MR) is 136 cm³/mol. The number of fused-ring (bicyclic) bond motifs is 1. The van der Waals surface area contributed by atoms with Gasteiger partial charge in [-0.05, 0) is 60.9 Å². The van der Waals surface area contributed by atoms with E-state index in [4.69, 9.17) is 9.47 Å². The number of amides is 1. The molecule has 0 radical (unpaired) electrons. The van der Waals surface area contributed by atoms with Crippen molar-refractivity contribution < 1.29 is 28.6 Å². The highest BCUT2D eigenvalue weighted by Gasteiger charge is 2.29. The molecule has 3 aromatic rings. The van der Waals surface area contributed by atoms with Gasteiger partial charge >= 0.3 is 5.97 Å². The Morgan fingerprint density at radius 2 is 1.81 bits per heavy atom. The summed E-state index contributed by atoms with van der Waals surface area (Å²) < 4.78 is 25.8. The fourth-order valence-corrected chi connectivity index (χ4v) is 4.66. The molecule has 1 aliphatic rings. The summed E-state index contributed by atoms with van der Waals surface area (Å²) in [5.74, 6) is -1.42.